The van der Waals surface area contributed by atoms with Gasteiger partial charge in [-0.2, -0.15) is 0 Å². The Bertz CT molecular complexity index is 747. The quantitative estimate of drug-likeness (QED) is 0.276. The lowest BCUT2D eigenvalue weighted by Crippen LogP contribution is -2.29. The number of nitrogens with two attached hydrogens (primary N) is 2. The van der Waals surface area contributed by atoms with Crippen LogP contribution < -0.4 is 17.0 Å². The van der Waals surface area contributed by atoms with Crippen LogP contribution in [0.1, 0.15) is 0 Å². The fraction of sp³-hybridized carbons (Fsp3) is 0. The fourth-order valence-corrected chi connectivity index (χ4v) is 3.75. The molecule has 0 amide bonds. The summed E-state index contributed by atoms with van der Waals surface area (Å²) in [6.45, 7) is 0. The van der Waals surface area contributed by atoms with Gasteiger partial charge in [0.05, 0.1) is 10.0 Å². The van der Waals surface area contributed by atoms with Gasteiger partial charge in [-0.3, -0.25) is 5.84 Å². The predicted molar refractivity (Wildman–Crippen MR) is 91.8 cm³/mol. The minimum Gasteiger partial charge on any atom is -0.476 e. The maximum absolute atomic E-state index is 10.9. The molecule has 0 saturated carbocycles. The Hall–Kier alpha value is -1.38. The summed E-state index contributed by atoms with van der Waals surface area (Å²) < 4.78 is 0. The van der Waals surface area contributed by atoms with Crippen LogP contribution in [-0.2, 0) is 4.79 Å². The Kier molecular flexibility index (Phi) is 5.60. The summed E-state index contributed by atoms with van der Waals surface area (Å²) >= 11 is 14.5. The topological polar surface area (TPSA) is 101 Å². The molecule has 2 aromatic rings. The van der Waals surface area contributed by atoms with Crippen molar-refractivity contribution in [3.63, 3.8) is 0 Å². The third-order valence-corrected chi connectivity index (χ3v) is 5.37. The first-order valence-corrected chi connectivity index (χ1v) is 8.29. The van der Waals surface area contributed by atoms with E-state index in [-0.39, 0.29) is 10.7 Å². The molecule has 0 aliphatic heterocycles. The number of thioether (sulfide) groups is 1. The predicted octanol–water partition coefficient (Wildman–Crippen LogP) is 3.49. The Morgan fingerprint density at radius 1 is 1.27 bits per heavy atom. The van der Waals surface area contributed by atoms with Crippen LogP contribution in [0.15, 0.2) is 45.3 Å². The van der Waals surface area contributed by atoms with Crippen molar-refractivity contribution in [2.45, 2.75) is 4.90 Å². The van der Waals surface area contributed by atoms with Gasteiger partial charge in [-0.1, -0.05) is 41.0 Å². The van der Waals surface area contributed by atoms with Gasteiger partial charge in [0.2, 0.25) is 0 Å². The van der Waals surface area contributed by atoms with Crippen molar-refractivity contribution in [2.75, 3.05) is 0 Å². The van der Waals surface area contributed by atoms with Gasteiger partial charge in [-0.15, -0.1) is 11.3 Å². The van der Waals surface area contributed by atoms with Crippen LogP contribution in [0.5, 0.6) is 0 Å². The van der Waals surface area contributed by atoms with Crippen LogP contribution in [0, 0.1) is 0 Å². The van der Waals surface area contributed by atoms with Crippen molar-refractivity contribution in [3.05, 3.63) is 50.4 Å². The van der Waals surface area contributed by atoms with Crippen molar-refractivity contribution in [2.24, 2.45) is 11.6 Å². The second kappa shape index (κ2) is 7.26. The van der Waals surface area contributed by atoms with E-state index in [2.05, 4.69) is 5.43 Å². The van der Waals surface area contributed by atoms with Gasteiger partial charge in [-0.25, -0.2) is 4.79 Å². The molecule has 1 aromatic carbocycles. The second-order valence-electron chi connectivity index (χ2n) is 4.07. The van der Waals surface area contributed by atoms with E-state index in [0.717, 1.165) is 27.1 Å². The molecule has 0 fully saturated rings. The largest absolute Gasteiger partial charge is 0.476 e. The van der Waals surface area contributed by atoms with Crippen LogP contribution in [0.3, 0.4) is 0 Å². The Morgan fingerprint density at radius 3 is 2.59 bits per heavy atom. The average molecular weight is 376 g/mol. The van der Waals surface area contributed by atoms with Crippen molar-refractivity contribution in [3.8, 4) is 10.4 Å². The molecule has 5 nitrogen and oxygen atoms in total. The van der Waals surface area contributed by atoms with Crippen LogP contribution in [0.2, 0.25) is 10.0 Å². The van der Waals surface area contributed by atoms with Crippen LogP contribution in [0.25, 0.3) is 10.4 Å². The molecule has 9 heteroatoms. The minimum absolute atomic E-state index is 0.0773. The number of halogens is 2. The number of hydrogen-bond acceptors (Lipinski definition) is 6. The van der Waals surface area contributed by atoms with E-state index in [0.29, 0.717) is 10.0 Å². The standard InChI is InChI=1S/C13H11Cl2N3O2S2/c14-8-2-1-6(3-9(8)15)10-4-7(5-21-10)22-12(16)11(18-17)13(19)20/h1-5,18H,16-17H2,(H,19,20)/b12-11+. The molecular formula is C13H11Cl2N3O2S2. The lowest BCUT2D eigenvalue weighted by molar-refractivity contribution is -0.133. The monoisotopic (exact) mass is 375 g/mol. The number of hydrogen-bond donors (Lipinski definition) is 4. The van der Waals surface area contributed by atoms with E-state index in [1.54, 1.807) is 12.1 Å². The molecule has 2 rings (SSSR count). The Morgan fingerprint density at radius 2 is 2.00 bits per heavy atom. The third-order valence-electron chi connectivity index (χ3n) is 2.61. The molecule has 1 aromatic heterocycles. The number of carboxylic acid groups (broad SMARTS) is 1. The average Bonchev–Trinajstić information content (AvgIpc) is 2.90. The zero-order chi connectivity index (χ0) is 16.3. The maximum Gasteiger partial charge on any atom is 0.356 e. The van der Waals surface area contributed by atoms with E-state index in [1.807, 2.05) is 17.5 Å². The summed E-state index contributed by atoms with van der Waals surface area (Å²) in [5, 5.41) is 11.9. The Labute approximate surface area is 144 Å². The highest BCUT2D eigenvalue weighted by Gasteiger charge is 2.13. The smallest absolute Gasteiger partial charge is 0.356 e. The van der Waals surface area contributed by atoms with E-state index in [9.17, 15) is 4.79 Å². The number of aliphatic carboxylic acids is 1. The molecule has 6 N–H and O–H groups in total. The van der Waals surface area contributed by atoms with Gasteiger partial charge in [-0.05, 0) is 23.8 Å². The summed E-state index contributed by atoms with van der Waals surface area (Å²) in [6, 6.07) is 7.24. The second-order valence-corrected chi connectivity index (χ2v) is 6.91. The van der Waals surface area contributed by atoms with E-state index in [4.69, 9.17) is 39.9 Å². The molecule has 1 heterocycles. The zero-order valence-electron chi connectivity index (χ0n) is 11.0. The van der Waals surface area contributed by atoms with Crippen molar-refractivity contribution in [1.29, 1.82) is 0 Å². The molecule has 0 unspecified atom stereocenters. The summed E-state index contributed by atoms with van der Waals surface area (Å²) in [4.78, 5) is 12.7. The molecule has 0 bridgehead atoms. The number of hydrazine groups is 1. The number of thiophene rings is 1. The summed E-state index contributed by atoms with van der Waals surface area (Å²) in [6.07, 6.45) is 0. The van der Waals surface area contributed by atoms with E-state index in [1.165, 1.54) is 11.3 Å². The number of rotatable bonds is 5. The molecule has 0 aliphatic rings. The lowest BCUT2D eigenvalue weighted by Gasteiger charge is -2.05. The van der Waals surface area contributed by atoms with Gasteiger partial charge < -0.3 is 16.3 Å². The van der Waals surface area contributed by atoms with Crippen LogP contribution >= 0.6 is 46.3 Å². The molecule has 22 heavy (non-hydrogen) atoms. The van der Waals surface area contributed by atoms with Gasteiger partial charge in [0.15, 0.2) is 5.70 Å². The first-order valence-electron chi connectivity index (χ1n) is 5.84. The fourth-order valence-electron chi connectivity index (χ4n) is 1.59. The van der Waals surface area contributed by atoms with Gasteiger partial charge in [0.25, 0.3) is 0 Å². The molecule has 116 valence electrons. The number of carbonyl (C=O) groups is 1. The number of nitrogens with one attached hydrogen (secondary N) is 1. The highest BCUT2D eigenvalue weighted by Crippen LogP contribution is 2.36. The highest BCUT2D eigenvalue weighted by atomic mass is 35.5. The first-order chi connectivity index (χ1) is 10.4. The van der Waals surface area contributed by atoms with Crippen molar-refractivity contribution >= 4 is 52.3 Å². The van der Waals surface area contributed by atoms with Crippen LogP contribution in [-0.4, -0.2) is 11.1 Å². The lowest BCUT2D eigenvalue weighted by atomic mass is 10.2. The summed E-state index contributed by atoms with van der Waals surface area (Å²) in [7, 11) is 0. The van der Waals surface area contributed by atoms with Gasteiger partial charge >= 0.3 is 5.97 Å². The highest BCUT2D eigenvalue weighted by molar-refractivity contribution is 8.03. The number of carboxylic acids is 1. The zero-order valence-corrected chi connectivity index (χ0v) is 14.1. The van der Waals surface area contributed by atoms with Crippen LogP contribution in [0.4, 0.5) is 0 Å². The molecule has 0 saturated heterocycles. The Balaban J connectivity index is 2.25. The minimum atomic E-state index is -1.22. The number of benzene rings is 1. The molecule has 0 radical (unpaired) electrons. The molecular weight excluding hydrogens is 365 g/mol. The maximum atomic E-state index is 10.9. The first kappa shape index (κ1) is 17.0. The van der Waals surface area contributed by atoms with Crippen molar-refractivity contribution in [1.82, 2.24) is 5.43 Å². The summed E-state index contributed by atoms with van der Waals surface area (Å²) in [5.74, 6) is 3.93. The van der Waals surface area contributed by atoms with E-state index < -0.39 is 5.97 Å². The van der Waals surface area contributed by atoms with E-state index >= 15 is 0 Å². The van der Waals surface area contributed by atoms with Crippen molar-refractivity contribution < 1.29 is 9.90 Å². The summed E-state index contributed by atoms with van der Waals surface area (Å²) in [5.41, 5.74) is 8.50. The van der Waals surface area contributed by atoms with Gasteiger partial charge in [0.1, 0.15) is 5.03 Å². The SMILES string of the molecule is NN/C(C(=O)O)=C(\N)Sc1csc(-c2ccc(Cl)c(Cl)c2)c1. The third kappa shape index (κ3) is 3.88. The molecule has 0 aliphatic carbocycles. The van der Waals surface area contributed by atoms with Gasteiger partial charge in [0, 0.05) is 15.2 Å². The molecule has 0 atom stereocenters. The molecule has 0 spiro atoms. The normalized spacial score (nSPS) is 12.0.